The maximum atomic E-state index is 11.8. The van der Waals surface area contributed by atoms with Crippen LogP contribution in [-0.4, -0.2) is 80.2 Å². The van der Waals surface area contributed by atoms with Gasteiger partial charge in [0.1, 0.15) is 0 Å². The topological polar surface area (TPSA) is 191 Å². The van der Waals surface area contributed by atoms with E-state index in [1.54, 1.807) is 55.4 Å². The molecule has 0 aliphatic rings. The lowest BCUT2D eigenvalue weighted by molar-refractivity contribution is -0.155. The highest BCUT2D eigenvalue weighted by atomic mass is 16.5. The third-order valence-electron chi connectivity index (χ3n) is 5.42. The molecular weight excluding hydrogens is 652 g/mol. The lowest BCUT2D eigenvalue weighted by Crippen LogP contribution is -2.29. The molecule has 0 saturated heterocycles. The second-order valence-corrected chi connectivity index (χ2v) is 10.9. The molecular formula is C37H50O13. The van der Waals surface area contributed by atoms with Crippen molar-refractivity contribution < 1.29 is 62.1 Å². The molecule has 0 saturated carbocycles. The fourth-order valence-electron chi connectivity index (χ4n) is 2.67. The summed E-state index contributed by atoms with van der Waals surface area (Å²) in [6.07, 6.45) is 0.215. The Morgan fingerprint density at radius 1 is 0.600 bits per heavy atom. The van der Waals surface area contributed by atoms with Crippen LogP contribution in [0.15, 0.2) is 60.7 Å². The minimum atomic E-state index is -0.771. The molecule has 0 radical (unpaired) electrons. The van der Waals surface area contributed by atoms with Crippen LogP contribution in [-0.2, 0) is 57.3 Å². The zero-order valence-electron chi connectivity index (χ0n) is 30.8. The molecule has 0 heterocycles. The van der Waals surface area contributed by atoms with Gasteiger partial charge in [0.25, 0.3) is 0 Å². The summed E-state index contributed by atoms with van der Waals surface area (Å²) in [5.74, 6) is -5.17. The van der Waals surface area contributed by atoms with Gasteiger partial charge in [0, 0.05) is 35.8 Å². The average Bonchev–Trinajstić information content (AvgIpc) is 3.11. The van der Waals surface area contributed by atoms with Gasteiger partial charge in [-0.05, 0) is 13.8 Å². The smallest absolute Gasteiger partial charge is 0.374 e. The third-order valence-corrected chi connectivity index (χ3v) is 5.42. The molecule has 2 aromatic carbocycles. The summed E-state index contributed by atoms with van der Waals surface area (Å²) in [7, 11) is 2.39. The van der Waals surface area contributed by atoms with Gasteiger partial charge in [0.15, 0.2) is 5.78 Å². The van der Waals surface area contributed by atoms with Crippen molar-refractivity contribution in [3.63, 3.8) is 0 Å². The molecule has 0 N–H and O–H groups in total. The Hall–Kier alpha value is -5.33. The zero-order chi connectivity index (χ0) is 39.4. The van der Waals surface area contributed by atoms with Crippen LogP contribution in [0.2, 0.25) is 0 Å². The number of hydrogen-bond acceptors (Lipinski definition) is 13. The molecule has 2 rings (SSSR count). The number of benzene rings is 2. The van der Waals surface area contributed by atoms with E-state index in [9.17, 15) is 43.2 Å². The van der Waals surface area contributed by atoms with Crippen molar-refractivity contribution in [1.82, 2.24) is 0 Å². The Bertz CT molecular complexity index is 1330. The van der Waals surface area contributed by atoms with Gasteiger partial charge in [-0.15, -0.1) is 0 Å². The minimum absolute atomic E-state index is 0.0752. The Kier molecular flexibility index (Phi) is 27.1. The lowest BCUT2D eigenvalue weighted by Gasteiger charge is -2.13. The van der Waals surface area contributed by atoms with Gasteiger partial charge >= 0.3 is 23.9 Å². The van der Waals surface area contributed by atoms with Crippen molar-refractivity contribution in [2.45, 2.75) is 68.7 Å². The fraction of sp³-hybridized carbons (Fsp3) is 0.432. The first-order valence-electron chi connectivity index (χ1n) is 15.5. The Morgan fingerprint density at radius 2 is 0.980 bits per heavy atom. The molecule has 276 valence electrons. The van der Waals surface area contributed by atoms with E-state index in [0.717, 1.165) is 11.1 Å². The van der Waals surface area contributed by atoms with Crippen LogP contribution in [0, 0.1) is 11.3 Å². The lowest BCUT2D eigenvalue weighted by atomic mass is 9.91. The van der Waals surface area contributed by atoms with E-state index in [-0.39, 0.29) is 31.3 Å². The second-order valence-electron chi connectivity index (χ2n) is 10.9. The molecule has 13 heteroatoms. The molecule has 0 aromatic heterocycles. The molecule has 0 unspecified atom stereocenters. The molecule has 0 atom stereocenters. The largest absolute Gasteiger partial charge is 0.463 e. The van der Waals surface area contributed by atoms with E-state index in [1.807, 2.05) is 60.7 Å². The van der Waals surface area contributed by atoms with Crippen molar-refractivity contribution >= 4 is 52.8 Å². The van der Waals surface area contributed by atoms with Crippen LogP contribution in [0.25, 0.3) is 0 Å². The minimum Gasteiger partial charge on any atom is -0.463 e. The summed E-state index contributed by atoms with van der Waals surface area (Å²) in [6.45, 7) is 15.0. The standard InChI is InChI=1S/C13H10O.2C7H12O3.2C5H8O3/c14-13(11-7-3-1-4-8-11)12-9-5-2-6-10-12;1-7(2,3)5(8)6(9)10-4;1-4-10-7(9)6(8)5(2)3;1-3-4(6)5(7)8-2;1-3-8-5(7)4(2)6/h1-10H;1-4H3;5H,4H2,1-3H3;2*3H2,1-2H3. The van der Waals surface area contributed by atoms with Crippen molar-refractivity contribution in [2.24, 2.45) is 11.3 Å². The summed E-state index contributed by atoms with van der Waals surface area (Å²) in [5.41, 5.74) is 0.838. The van der Waals surface area contributed by atoms with Crippen LogP contribution < -0.4 is 0 Å². The molecule has 0 aliphatic carbocycles. The number of methoxy groups -OCH3 is 2. The Labute approximate surface area is 294 Å². The number of rotatable bonds is 10. The van der Waals surface area contributed by atoms with E-state index >= 15 is 0 Å². The summed E-state index contributed by atoms with van der Waals surface area (Å²) in [4.78, 5) is 95.4. The normalized spacial score (nSPS) is 9.44. The molecule has 2 aromatic rings. The van der Waals surface area contributed by atoms with Crippen molar-refractivity contribution in [2.75, 3.05) is 27.4 Å². The van der Waals surface area contributed by atoms with Crippen LogP contribution in [0.5, 0.6) is 0 Å². The highest BCUT2D eigenvalue weighted by Crippen LogP contribution is 2.14. The van der Waals surface area contributed by atoms with Crippen molar-refractivity contribution in [3.8, 4) is 0 Å². The SMILES string of the molecule is CCC(=O)C(=O)OC.CCOC(=O)C(=O)C(C)C.CCOC(=O)C(C)=O.COC(=O)C(=O)C(C)(C)C.O=C(c1ccccc1)c1ccccc1. The first-order chi connectivity index (χ1) is 23.3. The maximum Gasteiger partial charge on any atom is 0.374 e. The van der Waals surface area contributed by atoms with Gasteiger partial charge in [-0.2, -0.15) is 0 Å². The van der Waals surface area contributed by atoms with Crippen molar-refractivity contribution in [1.29, 1.82) is 0 Å². The van der Waals surface area contributed by atoms with Crippen LogP contribution in [0.3, 0.4) is 0 Å². The van der Waals surface area contributed by atoms with E-state index in [1.165, 1.54) is 21.1 Å². The van der Waals surface area contributed by atoms with Gasteiger partial charge in [0.2, 0.25) is 23.1 Å². The summed E-state index contributed by atoms with van der Waals surface area (Å²) in [5, 5.41) is 0. The number of carbonyl (C=O) groups excluding carboxylic acids is 9. The zero-order valence-corrected chi connectivity index (χ0v) is 30.8. The van der Waals surface area contributed by atoms with E-state index < -0.39 is 52.4 Å². The molecule has 0 aliphatic heterocycles. The van der Waals surface area contributed by atoms with Crippen LogP contribution >= 0.6 is 0 Å². The van der Waals surface area contributed by atoms with Gasteiger partial charge in [-0.25, -0.2) is 19.2 Å². The van der Waals surface area contributed by atoms with E-state index in [4.69, 9.17) is 0 Å². The van der Waals surface area contributed by atoms with Crippen LogP contribution in [0.4, 0.5) is 0 Å². The predicted molar refractivity (Wildman–Crippen MR) is 184 cm³/mol. The number of esters is 4. The second kappa shape index (κ2) is 27.6. The van der Waals surface area contributed by atoms with Gasteiger partial charge in [0.05, 0.1) is 27.4 Å². The van der Waals surface area contributed by atoms with Gasteiger partial charge in [-0.3, -0.25) is 24.0 Å². The number of carbonyl (C=O) groups is 9. The molecule has 0 bridgehead atoms. The van der Waals surface area contributed by atoms with Gasteiger partial charge in [-0.1, -0.05) is 102 Å². The quantitative estimate of drug-likeness (QED) is 0.143. The number of ether oxygens (including phenoxy) is 4. The molecule has 0 spiro atoms. The third kappa shape index (κ3) is 23.1. The first-order valence-corrected chi connectivity index (χ1v) is 15.5. The number of ketones is 5. The monoisotopic (exact) mass is 702 g/mol. The van der Waals surface area contributed by atoms with E-state index in [0.29, 0.717) is 0 Å². The molecule has 50 heavy (non-hydrogen) atoms. The Balaban J connectivity index is -0.000000564. The Morgan fingerprint density at radius 3 is 1.20 bits per heavy atom. The summed E-state index contributed by atoms with van der Waals surface area (Å²) in [6, 6.07) is 18.6. The average molecular weight is 703 g/mol. The first kappa shape index (κ1) is 49.1. The van der Waals surface area contributed by atoms with Crippen LogP contribution in [0.1, 0.15) is 84.7 Å². The van der Waals surface area contributed by atoms with Gasteiger partial charge < -0.3 is 18.9 Å². The molecule has 13 nitrogen and oxygen atoms in total. The highest BCUT2D eigenvalue weighted by molar-refractivity contribution is 6.35. The molecule has 0 amide bonds. The fourth-order valence-corrected chi connectivity index (χ4v) is 2.67. The maximum absolute atomic E-state index is 11.8. The van der Waals surface area contributed by atoms with E-state index in [2.05, 4.69) is 18.9 Å². The predicted octanol–water partition coefficient (Wildman–Crippen LogP) is 4.74. The number of Topliss-reactive ketones (excluding diaryl/α,β-unsaturated/α-hetero) is 4. The molecule has 0 fully saturated rings. The number of hydrogen-bond donors (Lipinski definition) is 0. The van der Waals surface area contributed by atoms with Crippen molar-refractivity contribution in [3.05, 3.63) is 71.8 Å². The summed E-state index contributed by atoms with van der Waals surface area (Å²) >= 11 is 0. The summed E-state index contributed by atoms with van der Waals surface area (Å²) < 4.78 is 17.2. The highest BCUT2D eigenvalue weighted by Gasteiger charge is 2.28.